The Balaban J connectivity index is 0.000000138. The lowest BCUT2D eigenvalue weighted by Gasteiger charge is -2.32. The summed E-state index contributed by atoms with van der Waals surface area (Å²) in [4.78, 5) is 114. The zero-order chi connectivity index (χ0) is 101. The number of H-pyrrole nitrogens is 1. The molecule has 6 N–H and O–H groups in total. The third-order valence-corrected chi connectivity index (χ3v) is 24.7. The van der Waals surface area contributed by atoms with Crippen LogP contribution < -0.4 is 49.4 Å². The number of aromatic amines is 1. The molecule has 1 saturated heterocycles. The summed E-state index contributed by atoms with van der Waals surface area (Å²) >= 11 is 2.86. The molecule has 0 bridgehead atoms. The van der Waals surface area contributed by atoms with Gasteiger partial charge in [0.2, 0.25) is 11.9 Å². The van der Waals surface area contributed by atoms with Crippen molar-refractivity contribution < 1.29 is 45.9 Å². The Kier molecular flexibility index (Phi) is 31.0. The molecule has 734 valence electrons. The number of carbonyl (C=O) groups excluding carboxylic acids is 2. The molecule has 0 radical (unpaired) electrons. The molecule has 4 aliphatic heterocycles. The van der Waals surface area contributed by atoms with Crippen LogP contribution in [0.3, 0.4) is 0 Å². The number of nitrogen functional groups attached to an aromatic ring is 1. The van der Waals surface area contributed by atoms with Crippen molar-refractivity contribution >= 4 is 121 Å². The lowest BCUT2D eigenvalue weighted by atomic mass is 9.79. The van der Waals surface area contributed by atoms with Crippen molar-refractivity contribution in [2.45, 2.75) is 220 Å². The summed E-state index contributed by atoms with van der Waals surface area (Å²) in [6.45, 7) is 38.8. The van der Waals surface area contributed by atoms with E-state index in [4.69, 9.17) is 24.5 Å². The number of thioether (sulfide) groups is 2. The van der Waals surface area contributed by atoms with Crippen LogP contribution in [0.4, 0.5) is 56.1 Å². The van der Waals surface area contributed by atoms with Gasteiger partial charge in [-0.05, 0) is 323 Å². The van der Waals surface area contributed by atoms with Crippen molar-refractivity contribution in [3.63, 3.8) is 0 Å². The van der Waals surface area contributed by atoms with Crippen LogP contribution in [0.1, 0.15) is 182 Å². The first-order valence-corrected chi connectivity index (χ1v) is 48.6. The molecule has 2 amide bonds. The summed E-state index contributed by atoms with van der Waals surface area (Å²) in [5, 5.41) is 15.9. The number of anilines is 5. The molecule has 0 unspecified atom stereocenters. The van der Waals surface area contributed by atoms with Gasteiger partial charge in [0.15, 0.2) is 32.9 Å². The van der Waals surface area contributed by atoms with Crippen LogP contribution in [0.15, 0.2) is 206 Å². The van der Waals surface area contributed by atoms with Crippen LogP contribution in [0.2, 0.25) is 0 Å². The molecule has 0 saturated carbocycles. The molecule has 0 spiro atoms. The average molecular weight is 1950 g/mol. The SMILES string of the molecule is CC(C)(C)OC(=O)N1CCc2cc(N)ccc2C1.CC(C)n1c(=O)c2cnc(Nc3ccc4c(c3)CCN(C(=O)OC(C)(C)C)C4)nc2n1-c1ccc(F)cc1.CC(C)n1c(=O)c2cnc(Nc3ccc4c(c3)CCNC4)nc2n1-c1ccc(F)cc1.CC1(C)OB(c2ccc(F)cc2)OC1(C)C.CSc1ncc2c(=O)n(C(C)C)[nH]c2n1.CSc1ncc2c(=O)n(C(C)C)n(-c3ccc(F)cc3)c2n1. The number of aromatic nitrogens is 16. The zero-order valence-electron chi connectivity index (χ0n) is 82.1. The van der Waals surface area contributed by atoms with Gasteiger partial charge in [-0.2, -0.15) is 9.97 Å². The largest absolute Gasteiger partial charge is 0.494 e. The molecular formula is C101H117BF4N22O10S2. The molecule has 140 heavy (non-hydrogen) atoms. The highest BCUT2D eigenvalue weighted by atomic mass is 32.2. The first kappa shape index (κ1) is 102. The number of carbonyl (C=O) groups is 2. The van der Waals surface area contributed by atoms with Crippen molar-refractivity contribution in [1.29, 1.82) is 0 Å². The molecule has 1 fully saturated rings. The summed E-state index contributed by atoms with van der Waals surface area (Å²) < 4.78 is 87.2. The van der Waals surface area contributed by atoms with Crippen molar-refractivity contribution in [2.75, 3.05) is 48.5 Å². The number of halogens is 4. The summed E-state index contributed by atoms with van der Waals surface area (Å²) in [7, 11) is -0.411. The first-order valence-electron chi connectivity index (χ1n) is 46.1. The van der Waals surface area contributed by atoms with Gasteiger partial charge < -0.3 is 50.3 Å². The smallest absolute Gasteiger partial charge is 0.444 e. The Morgan fingerprint density at radius 3 is 1.24 bits per heavy atom. The monoisotopic (exact) mass is 1950 g/mol. The Labute approximate surface area is 816 Å². The van der Waals surface area contributed by atoms with Gasteiger partial charge in [-0.1, -0.05) is 53.9 Å². The number of amides is 2. The van der Waals surface area contributed by atoms with Gasteiger partial charge in [0, 0.05) is 98.7 Å². The lowest BCUT2D eigenvalue weighted by Crippen LogP contribution is -2.41. The van der Waals surface area contributed by atoms with E-state index in [2.05, 4.69) is 73.1 Å². The fourth-order valence-corrected chi connectivity index (χ4v) is 16.7. The van der Waals surface area contributed by atoms with Gasteiger partial charge in [-0.15, -0.1) is 0 Å². The van der Waals surface area contributed by atoms with Crippen LogP contribution >= 0.6 is 23.5 Å². The molecule has 15 aromatic rings. The quantitative estimate of drug-likeness (QED) is 0.0222. The predicted octanol–water partition coefficient (Wildman–Crippen LogP) is 18.2. The van der Waals surface area contributed by atoms with E-state index in [1.807, 2.05) is 180 Å². The molecule has 4 aliphatic rings. The van der Waals surface area contributed by atoms with E-state index >= 15 is 0 Å². The Morgan fingerprint density at radius 2 is 0.829 bits per heavy atom. The molecule has 8 aromatic heterocycles. The van der Waals surface area contributed by atoms with E-state index < -0.39 is 18.3 Å². The number of hydrogen-bond donors (Lipinski definition) is 5. The predicted molar refractivity (Wildman–Crippen MR) is 541 cm³/mol. The standard InChI is InChI=1S/C28H31FN6O3.C23H23FN6O.C15H15FN4OS.C14H20N2O2.C12H16BFO2.C9H12N4OS/c1-17(2)34-25(36)23-15-30-26(32-24(23)35(34)22-10-7-20(29)8-11-22)31-21-9-6-19-16-33(13-12-18(19)14-21)27(37)38-28(3,4)5;1-14(2)29-22(31)20-13-26-23(27-18-6-3-16-12-25-10-9-15(16)11-18)28-21(20)30(29)19-7-4-17(24)5-8-19;1-9(2)19-14(21)12-8-17-15(22-3)18-13(12)20(19)11-6-4-10(16)5-7-11;1-14(2,3)18-13(17)16-7-6-10-8-12(15)5-4-11(10)9-16;1-11(2)12(3,4)16-13(15-11)9-5-7-10(14)8-6-9;1-5(2)13-8(14)6-4-10-9(15-3)11-7(6)12-13/h6-11,14-15,17H,12-13,16H2,1-5H3,(H,30,31,32);3-8,11,13-14,25H,9-10,12H2,1-2H3,(H,26,27,28);4-9H,1-3H3;4-5,8H,6-7,9,15H2,1-3H3;5-8H,1-4H3;4-5H,1-3H3,(H,10,11,12). The van der Waals surface area contributed by atoms with E-state index in [0.29, 0.717) is 116 Å². The van der Waals surface area contributed by atoms with Crippen molar-refractivity contribution in [2.24, 2.45) is 0 Å². The van der Waals surface area contributed by atoms with Gasteiger partial charge >= 0.3 is 19.3 Å². The molecule has 0 aliphatic carbocycles. The van der Waals surface area contributed by atoms with Crippen LogP contribution in [0.25, 0.3) is 61.2 Å². The number of nitrogens with zero attached hydrogens (tertiary/aromatic N) is 17. The highest BCUT2D eigenvalue weighted by molar-refractivity contribution is 7.98. The summed E-state index contributed by atoms with van der Waals surface area (Å²) in [5.41, 5.74) is 18.0. The number of fused-ring (bicyclic) bond motifs is 7. The highest BCUT2D eigenvalue weighted by Crippen LogP contribution is 2.38. The second-order valence-corrected chi connectivity index (χ2v) is 39.7. The maximum Gasteiger partial charge on any atom is 0.494 e. The maximum atomic E-state index is 13.6. The Hall–Kier alpha value is -13.8. The number of ether oxygens (including phenoxy) is 2. The van der Waals surface area contributed by atoms with Gasteiger partial charge in [-0.3, -0.25) is 24.3 Å². The highest BCUT2D eigenvalue weighted by Gasteiger charge is 2.52. The normalized spacial score (nSPS) is 14.2. The first-order chi connectivity index (χ1) is 66.3. The van der Waals surface area contributed by atoms with Crippen LogP contribution in [0, 0.1) is 23.3 Å². The third-order valence-electron chi connectivity index (χ3n) is 23.6. The number of hydrogen-bond acceptors (Lipinski definition) is 24. The average Bonchev–Trinajstić information content (AvgIpc) is 1.61. The summed E-state index contributed by atoms with van der Waals surface area (Å²) in [6.07, 6.45) is 11.9. The second-order valence-electron chi connectivity index (χ2n) is 38.2. The molecule has 19 rings (SSSR count). The van der Waals surface area contributed by atoms with Crippen LogP contribution in [-0.4, -0.2) is 161 Å². The van der Waals surface area contributed by atoms with Gasteiger partial charge in [0.1, 0.15) is 56.0 Å². The molecule has 39 heteroatoms. The molecule has 7 aromatic carbocycles. The van der Waals surface area contributed by atoms with Gasteiger partial charge in [0.05, 0.1) is 28.3 Å². The van der Waals surface area contributed by atoms with Crippen LogP contribution in [-0.2, 0) is 57.7 Å². The second kappa shape index (κ2) is 42.5. The Morgan fingerprint density at radius 1 is 0.457 bits per heavy atom. The van der Waals surface area contributed by atoms with E-state index in [-0.39, 0.29) is 93.1 Å². The summed E-state index contributed by atoms with van der Waals surface area (Å²) in [6, 6.07) is 42.0. The number of rotatable bonds is 14. The minimum atomic E-state index is -0.538. The lowest BCUT2D eigenvalue weighted by molar-refractivity contribution is 0.00578. The van der Waals surface area contributed by atoms with E-state index in [9.17, 15) is 46.3 Å². The minimum Gasteiger partial charge on any atom is -0.444 e. The topological polar surface area (TPSA) is 361 Å². The van der Waals surface area contributed by atoms with Crippen molar-refractivity contribution in [3.05, 3.63) is 275 Å². The molecular weight excluding hydrogens is 1830 g/mol. The number of nitrogens with one attached hydrogen (secondary N) is 4. The fourth-order valence-electron chi connectivity index (χ4n) is 16.0. The van der Waals surface area contributed by atoms with Crippen LogP contribution in [0.5, 0.6) is 0 Å². The fraction of sp³-hybridized carbons (Fsp3) is 0.366. The third kappa shape index (κ3) is 23.5. The zero-order valence-corrected chi connectivity index (χ0v) is 83.7. The maximum absolute atomic E-state index is 13.6. The van der Waals surface area contributed by atoms with Gasteiger partial charge in [0.25, 0.3) is 22.2 Å². The van der Waals surface area contributed by atoms with E-state index in [1.54, 1.807) is 110 Å². The van der Waals surface area contributed by atoms with Crippen molar-refractivity contribution in [1.82, 2.24) is 92.9 Å². The van der Waals surface area contributed by atoms with E-state index in [1.165, 1.54) is 94.9 Å². The molecule has 12 heterocycles. The van der Waals surface area contributed by atoms with E-state index in [0.717, 1.165) is 65.1 Å². The van der Waals surface area contributed by atoms with Crippen molar-refractivity contribution in [3.8, 4) is 17.1 Å². The molecule has 32 nitrogen and oxygen atoms in total. The Bertz CT molecular complexity index is 7270. The summed E-state index contributed by atoms with van der Waals surface area (Å²) in [5.74, 6) is -0.530. The number of benzene rings is 7. The van der Waals surface area contributed by atoms with Gasteiger partial charge in [-0.25, -0.2) is 89.8 Å². The molecule has 0 atom stereocenters. The number of nitrogens with two attached hydrogens (primary N) is 1. The minimum absolute atomic E-state index is 0.0624.